The zero-order chi connectivity index (χ0) is 29.9. The second-order valence-electron chi connectivity index (χ2n) is 14.9. The van der Waals surface area contributed by atoms with Crippen LogP contribution in [0.3, 0.4) is 0 Å². The molecule has 0 spiro atoms. The van der Waals surface area contributed by atoms with Crippen molar-refractivity contribution in [1.82, 2.24) is 10.6 Å². The molecule has 6 aliphatic rings. The van der Waals surface area contributed by atoms with Gasteiger partial charge in [-0.05, 0) is 105 Å². The number of carbonyl (C=O) groups excluding carboxylic acids is 4. The van der Waals surface area contributed by atoms with E-state index in [9.17, 15) is 19.2 Å². The number of amides is 2. The summed E-state index contributed by atoms with van der Waals surface area (Å²) in [5.74, 6) is -0.437. The van der Waals surface area contributed by atoms with E-state index in [-0.39, 0.29) is 52.0 Å². The molecule has 6 aliphatic carbocycles. The first kappa shape index (κ1) is 31.0. The SMILES string of the molecule is COC(=O)C(C)(C)C12CC(NC(=O)OC(C)(C)C)(C1)C2.COC(=O)C(C)C12CC(NC(=O)OC(C)(C)C)(C1)C2. The molecule has 6 saturated carbocycles. The van der Waals surface area contributed by atoms with Gasteiger partial charge in [0.2, 0.25) is 0 Å². The Labute approximate surface area is 232 Å². The Bertz CT molecular complexity index is 980. The molecule has 4 bridgehead atoms. The Balaban J connectivity index is 0.000000216. The van der Waals surface area contributed by atoms with Crippen molar-refractivity contribution in [2.75, 3.05) is 14.2 Å². The smallest absolute Gasteiger partial charge is 0.408 e. The number of carbonyl (C=O) groups is 4. The Morgan fingerprint density at radius 3 is 1.38 bits per heavy atom. The van der Waals surface area contributed by atoms with Gasteiger partial charge in [0.1, 0.15) is 11.2 Å². The fraction of sp³-hybridized carbons (Fsp3) is 0.862. The number of esters is 2. The Morgan fingerprint density at radius 2 is 1.05 bits per heavy atom. The molecule has 6 fully saturated rings. The van der Waals surface area contributed by atoms with Gasteiger partial charge < -0.3 is 29.6 Å². The van der Waals surface area contributed by atoms with Gasteiger partial charge in [0.25, 0.3) is 0 Å². The van der Waals surface area contributed by atoms with Gasteiger partial charge in [-0.15, -0.1) is 0 Å². The van der Waals surface area contributed by atoms with Gasteiger partial charge in [-0.2, -0.15) is 0 Å². The summed E-state index contributed by atoms with van der Waals surface area (Å²) in [6.45, 7) is 16.8. The van der Waals surface area contributed by atoms with E-state index < -0.39 is 16.6 Å². The van der Waals surface area contributed by atoms with Crippen LogP contribution in [0.4, 0.5) is 9.59 Å². The molecule has 0 aliphatic heterocycles. The molecule has 222 valence electrons. The first-order chi connectivity index (χ1) is 17.6. The van der Waals surface area contributed by atoms with E-state index >= 15 is 0 Å². The summed E-state index contributed by atoms with van der Waals surface area (Å²) in [5.41, 5.74) is -1.80. The number of rotatable bonds is 6. The van der Waals surface area contributed by atoms with E-state index in [2.05, 4.69) is 10.6 Å². The number of hydrogen-bond acceptors (Lipinski definition) is 8. The van der Waals surface area contributed by atoms with Crippen molar-refractivity contribution in [2.45, 2.75) is 123 Å². The highest BCUT2D eigenvalue weighted by molar-refractivity contribution is 5.79. The minimum absolute atomic E-state index is 0.0299. The van der Waals surface area contributed by atoms with E-state index in [0.29, 0.717) is 0 Å². The van der Waals surface area contributed by atoms with Gasteiger partial charge in [0.05, 0.1) is 25.6 Å². The molecular weight excluding hydrogens is 504 g/mol. The van der Waals surface area contributed by atoms with Crippen molar-refractivity contribution < 1.29 is 38.1 Å². The van der Waals surface area contributed by atoms with E-state index in [4.69, 9.17) is 18.9 Å². The fourth-order valence-electron chi connectivity index (χ4n) is 6.98. The molecule has 39 heavy (non-hydrogen) atoms. The summed E-state index contributed by atoms with van der Waals surface area (Å²) in [6.07, 6.45) is 4.25. The molecule has 1 atom stereocenters. The van der Waals surface area contributed by atoms with Crippen LogP contribution < -0.4 is 10.6 Å². The molecule has 10 heteroatoms. The lowest BCUT2D eigenvalue weighted by Gasteiger charge is -2.74. The van der Waals surface area contributed by atoms with Crippen molar-refractivity contribution in [3.05, 3.63) is 0 Å². The first-order valence-corrected chi connectivity index (χ1v) is 13.8. The normalized spacial score (nSPS) is 32.6. The lowest BCUT2D eigenvalue weighted by Crippen LogP contribution is -2.79. The molecule has 0 radical (unpaired) electrons. The zero-order valence-corrected chi connectivity index (χ0v) is 25.6. The summed E-state index contributed by atoms with van der Waals surface area (Å²) in [6, 6.07) is 0. The minimum atomic E-state index is -0.501. The highest BCUT2D eigenvalue weighted by Gasteiger charge is 2.75. The van der Waals surface area contributed by atoms with Crippen LogP contribution in [0.2, 0.25) is 0 Å². The van der Waals surface area contributed by atoms with Gasteiger partial charge in [0.15, 0.2) is 0 Å². The van der Waals surface area contributed by atoms with E-state index in [0.717, 1.165) is 38.5 Å². The number of hydrogen-bond donors (Lipinski definition) is 2. The third-order valence-corrected chi connectivity index (χ3v) is 9.13. The van der Waals surface area contributed by atoms with Crippen molar-refractivity contribution in [3.63, 3.8) is 0 Å². The number of nitrogens with one attached hydrogen (secondary N) is 2. The summed E-state index contributed by atoms with van der Waals surface area (Å²) in [5, 5.41) is 5.89. The lowest BCUT2D eigenvalue weighted by atomic mass is 9.32. The van der Waals surface area contributed by atoms with E-state index in [1.165, 1.54) is 14.2 Å². The Hall–Kier alpha value is -2.52. The molecule has 2 amide bonds. The first-order valence-electron chi connectivity index (χ1n) is 13.8. The highest BCUT2D eigenvalue weighted by Crippen LogP contribution is 2.74. The number of alkyl carbamates (subject to hydrolysis) is 2. The average Bonchev–Trinajstić information content (AvgIpc) is 2.66. The van der Waals surface area contributed by atoms with Gasteiger partial charge >= 0.3 is 24.1 Å². The zero-order valence-electron chi connectivity index (χ0n) is 25.6. The largest absolute Gasteiger partial charge is 0.469 e. The van der Waals surface area contributed by atoms with Crippen LogP contribution in [-0.2, 0) is 28.5 Å². The summed E-state index contributed by atoms with van der Waals surface area (Å²) in [7, 11) is 2.84. The summed E-state index contributed by atoms with van der Waals surface area (Å²) >= 11 is 0. The van der Waals surface area contributed by atoms with Gasteiger partial charge in [-0.3, -0.25) is 9.59 Å². The molecule has 0 heterocycles. The molecule has 1 unspecified atom stereocenters. The Kier molecular flexibility index (Phi) is 7.59. The molecule has 2 N–H and O–H groups in total. The standard InChI is InChI=1S/C15H25NO4.C14H23NO4/c1-12(2,3)20-11(18)16-15-7-14(8-15,9-15)13(4,5)10(17)19-6;1-9(10(16)18-5)13-6-14(7-13,8-13)15-11(17)19-12(2,3)4/h7-9H2,1-6H3,(H,16,18);9H,6-8H2,1-5H3,(H,15,17). The molecule has 0 aromatic carbocycles. The number of methoxy groups -OCH3 is 2. The second kappa shape index (κ2) is 9.54. The van der Waals surface area contributed by atoms with Crippen LogP contribution in [0.1, 0.15) is 101 Å². The van der Waals surface area contributed by atoms with Gasteiger partial charge in [-0.1, -0.05) is 6.92 Å². The number of ether oxygens (including phenoxy) is 4. The predicted molar refractivity (Wildman–Crippen MR) is 144 cm³/mol. The monoisotopic (exact) mass is 552 g/mol. The average molecular weight is 553 g/mol. The van der Waals surface area contributed by atoms with Crippen LogP contribution >= 0.6 is 0 Å². The minimum Gasteiger partial charge on any atom is -0.469 e. The maximum absolute atomic E-state index is 11.9. The predicted octanol–water partition coefficient (Wildman–Crippen LogP) is 4.88. The topological polar surface area (TPSA) is 129 Å². The van der Waals surface area contributed by atoms with Crippen LogP contribution in [0.15, 0.2) is 0 Å². The van der Waals surface area contributed by atoms with Crippen LogP contribution in [0.5, 0.6) is 0 Å². The van der Waals surface area contributed by atoms with Crippen molar-refractivity contribution in [3.8, 4) is 0 Å². The quantitative estimate of drug-likeness (QED) is 0.352. The maximum atomic E-state index is 11.9. The van der Waals surface area contributed by atoms with Crippen LogP contribution in [0, 0.1) is 22.2 Å². The van der Waals surface area contributed by atoms with Crippen molar-refractivity contribution >= 4 is 24.1 Å². The van der Waals surface area contributed by atoms with E-state index in [1.54, 1.807) is 0 Å². The molecule has 0 saturated heterocycles. The third-order valence-electron chi connectivity index (χ3n) is 9.13. The van der Waals surface area contributed by atoms with Crippen molar-refractivity contribution in [2.24, 2.45) is 22.2 Å². The third kappa shape index (κ3) is 5.85. The maximum Gasteiger partial charge on any atom is 0.408 e. The molecule has 10 nitrogen and oxygen atoms in total. The fourth-order valence-corrected chi connectivity index (χ4v) is 6.98. The lowest BCUT2D eigenvalue weighted by molar-refractivity contribution is -0.228. The van der Waals surface area contributed by atoms with Crippen molar-refractivity contribution in [1.29, 1.82) is 0 Å². The van der Waals surface area contributed by atoms with E-state index in [1.807, 2.05) is 62.3 Å². The van der Waals surface area contributed by atoms with Crippen LogP contribution in [0.25, 0.3) is 0 Å². The van der Waals surface area contributed by atoms with Crippen LogP contribution in [-0.4, -0.2) is 60.6 Å². The van der Waals surface area contributed by atoms with Gasteiger partial charge in [-0.25, -0.2) is 9.59 Å². The van der Waals surface area contributed by atoms with Gasteiger partial charge in [0, 0.05) is 11.1 Å². The highest BCUT2D eigenvalue weighted by atomic mass is 16.6. The molecule has 0 aromatic rings. The summed E-state index contributed by atoms with van der Waals surface area (Å²) < 4.78 is 20.2. The molecule has 0 aromatic heterocycles. The molecular formula is C29H48N2O8. The molecule has 6 rings (SSSR count). The second-order valence-corrected chi connectivity index (χ2v) is 14.9. The Morgan fingerprint density at radius 1 is 0.667 bits per heavy atom. The summed E-state index contributed by atoms with van der Waals surface area (Å²) in [4.78, 5) is 47.0.